The second-order valence-corrected chi connectivity index (χ2v) is 8.36. The number of hydrogen-bond acceptors (Lipinski definition) is 2. The Morgan fingerprint density at radius 3 is 2.84 bits per heavy atom. The molecule has 0 bridgehead atoms. The molecule has 2 aliphatic rings. The Bertz CT molecular complexity index is 994. The molecule has 1 fully saturated rings. The number of anilines is 1. The molecule has 1 unspecified atom stereocenters. The van der Waals surface area contributed by atoms with Gasteiger partial charge in [0.1, 0.15) is 11.6 Å². The predicted octanol–water partition coefficient (Wildman–Crippen LogP) is 4.09. The first-order chi connectivity index (χ1) is 15.6. The summed E-state index contributed by atoms with van der Waals surface area (Å²) in [5.41, 5.74) is 2.71. The van der Waals surface area contributed by atoms with Gasteiger partial charge in [0.15, 0.2) is 5.96 Å². The Morgan fingerprint density at radius 2 is 2.06 bits per heavy atom. The van der Waals surface area contributed by atoms with Gasteiger partial charge < -0.3 is 15.1 Å². The number of hydrogen-bond donors (Lipinski definition) is 1. The van der Waals surface area contributed by atoms with Crippen LogP contribution in [0.15, 0.2) is 47.5 Å². The first-order valence-electron chi connectivity index (χ1n) is 11.4. The number of rotatable bonds is 7. The number of amides is 1. The SMILES string of the molecule is CCNC(=NCCc1cc(F)ccc1F)N1CC(CCN2CCCC2=O)c2ccccc21. The van der Waals surface area contributed by atoms with E-state index in [9.17, 15) is 13.6 Å². The van der Waals surface area contributed by atoms with Crippen LogP contribution in [0.25, 0.3) is 0 Å². The van der Waals surface area contributed by atoms with Gasteiger partial charge in [0.05, 0.1) is 0 Å². The molecule has 170 valence electrons. The Kier molecular flexibility index (Phi) is 7.02. The summed E-state index contributed by atoms with van der Waals surface area (Å²) in [4.78, 5) is 20.9. The molecule has 2 aromatic carbocycles. The van der Waals surface area contributed by atoms with Crippen molar-refractivity contribution in [2.45, 2.75) is 38.5 Å². The summed E-state index contributed by atoms with van der Waals surface area (Å²) < 4.78 is 27.4. The average molecular weight is 441 g/mol. The molecule has 0 radical (unpaired) electrons. The number of aliphatic imine (C=N–C) groups is 1. The van der Waals surface area contributed by atoms with Gasteiger partial charge in [-0.05, 0) is 61.6 Å². The molecule has 2 heterocycles. The Morgan fingerprint density at radius 1 is 1.22 bits per heavy atom. The Hall–Kier alpha value is -2.96. The number of carbonyl (C=O) groups excluding carboxylic acids is 1. The molecule has 1 amide bonds. The van der Waals surface area contributed by atoms with Crippen LogP contribution in [0.3, 0.4) is 0 Å². The highest BCUT2D eigenvalue weighted by molar-refractivity contribution is 5.98. The molecule has 2 aromatic rings. The van der Waals surface area contributed by atoms with Crippen LogP contribution in [0.1, 0.15) is 43.2 Å². The number of nitrogens with one attached hydrogen (secondary N) is 1. The average Bonchev–Trinajstić information content (AvgIpc) is 3.37. The van der Waals surface area contributed by atoms with Gasteiger partial charge >= 0.3 is 0 Å². The van der Waals surface area contributed by atoms with E-state index in [1.807, 2.05) is 24.0 Å². The van der Waals surface area contributed by atoms with Crippen LogP contribution in [-0.2, 0) is 11.2 Å². The van der Waals surface area contributed by atoms with E-state index in [1.165, 1.54) is 11.6 Å². The van der Waals surface area contributed by atoms with Crippen molar-refractivity contribution in [3.8, 4) is 0 Å². The fourth-order valence-corrected chi connectivity index (χ4v) is 4.61. The molecule has 0 aliphatic carbocycles. The standard InChI is InChI=1S/C25H30F2N4O/c1-2-28-25(29-13-11-18-16-20(26)9-10-22(18)27)31-17-19(21-6-3-4-7-23(21)31)12-15-30-14-5-8-24(30)32/h3-4,6-7,9-10,16,19H,2,5,8,11-15,17H2,1H3,(H,28,29). The second kappa shape index (κ2) is 10.1. The van der Waals surface area contributed by atoms with Gasteiger partial charge in [-0.2, -0.15) is 0 Å². The van der Waals surface area contributed by atoms with Crippen molar-refractivity contribution in [1.29, 1.82) is 0 Å². The van der Waals surface area contributed by atoms with E-state index in [0.717, 1.165) is 56.3 Å². The molecule has 1 N–H and O–H groups in total. The van der Waals surface area contributed by atoms with Crippen molar-refractivity contribution in [2.75, 3.05) is 37.6 Å². The van der Waals surface area contributed by atoms with Crippen molar-refractivity contribution in [1.82, 2.24) is 10.2 Å². The summed E-state index contributed by atoms with van der Waals surface area (Å²) in [6, 6.07) is 11.8. The van der Waals surface area contributed by atoms with E-state index in [-0.39, 0.29) is 5.91 Å². The fourth-order valence-electron chi connectivity index (χ4n) is 4.61. The minimum Gasteiger partial charge on any atom is -0.356 e. The summed E-state index contributed by atoms with van der Waals surface area (Å²) in [5, 5.41) is 3.35. The highest BCUT2D eigenvalue weighted by Gasteiger charge is 2.32. The van der Waals surface area contributed by atoms with Crippen LogP contribution in [-0.4, -0.2) is 49.5 Å². The number of carbonyl (C=O) groups is 1. The molecular weight excluding hydrogens is 410 g/mol. The van der Waals surface area contributed by atoms with Crippen LogP contribution in [0.5, 0.6) is 0 Å². The van der Waals surface area contributed by atoms with E-state index >= 15 is 0 Å². The molecule has 32 heavy (non-hydrogen) atoms. The minimum atomic E-state index is -0.440. The molecular formula is C25H30F2N4O. The number of nitrogens with zero attached hydrogens (tertiary/aromatic N) is 3. The summed E-state index contributed by atoms with van der Waals surface area (Å²) >= 11 is 0. The fraction of sp³-hybridized carbons (Fsp3) is 0.440. The van der Waals surface area contributed by atoms with Crippen LogP contribution in [0.2, 0.25) is 0 Å². The zero-order chi connectivity index (χ0) is 22.5. The normalized spacial score (nSPS) is 18.4. The molecule has 5 nitrogen and oxygen atoms in total. The van der Waals surface area contributed by atoms with Crippen LogP contribution < -0.4 is 10.2 Å². The van der Waals surface area contributed by atoms with Crippen molar-refractivity contribution in [2.24, 2.45) is 4.99 Å². The predicted molar refractivity (Wildman–Crippen MR) is 123 cm³/mol. The lowest BCUT2D eigenvalue weighted by Crippen LogP contribution is -2.41. The van der Waals surface area contributed by atoms with Gasteiger partial charge in [-0.1, -0.05) is 18.2 Å². The number of likely N-dealkylation sites (tertiary alicyclic amines) is 1. The molecule has 1 atom stereocenters. The first-order valence-corrected chi connectivity index (χ1v) is 11.4. The number of halogens is 2. The van der Waals surface area contributed by atoms with Gasteiger partial charge in [-0.15, -0.1) is 0 Å². The quantitative estimate of drug-likeness (QED) is 0.521. The Labute approximate surface area is 188 Å². The molecule has 1 saturated heterocycles. The lowest BCUT2D eigenvalue weighted by molar-refractivity contribution is -0.127. The maximum atomic E-state index is 14.0. The van der Waals surface area contributed by atoms with Crippen molar-refractivity contribution in [3.05, 3.63) is 65.2 Å². The first kappa shape index (κ1) is 22.2. The highest BCUT2D eigenvalue weighted by atomic mass is 19.1. The summed E-state index contributed by atoms with van der Waals surface area (Å²) in [7, 11) is 0. The number of fused-ring (bicyclic) bond motifs is 1. The van der Waals surface area contributed by atoms with Crippen molar-refractivity contribution < 1.29 is 13.6 Å². The third-order valence-corrected chi connectivity index (χ3v) is 6.23. The largest absolute Gasteiger partial charge is 0.356 e. The maximum absolute atomic E-state index is 14.0. The highest BCUT2D eigenvalue weighted by Crippen LogP contribution is 2.38. The van der Waals surface area contributed by atoms with Gasteiger partial charge in [-0.3, -0.25) is 9.79 Å². The van der Waals surface area contributed by atoms with E-state index < -0.39 is 11.6 Å². The molecule has 0 saturated carbocycles. The van der Waals surface area contributed by atoms with Gasteiger partial charge in [0, 0.05) is 50.7 Å². The van der Waals surface area contributed by atoms with Gasteiger partial charge in [-0.25, -0.2) is 8.78 Å². The zero-order valence-corrected chi connectivity index (χ0v) is 18.5. The lowest BCUT2D eigenvalue weighted by Gasteiger charge is -2.23. The van der Waals surface area contributed by atoms with Crippen LogP contribution in [0.4, 0.5) is 14.5 Å². The Balaban J connectivity index is 1.48. The van der Waals surface area contributed by atoms with E-state index in [4.69, 9.17) is 4.99 Å². The monoisotopic (exact) mass is 440 g/mol. The third-order valence-electron chi connectivity index (χ3n) is 6.23. The number of guanidine groups is 1. The smallest absolute Gasteiger partial charge is 0.222 e. The van der Waals surface area contributed by atoms with Crippen LogP contribution >= 0.6 is 0 Å². The number of benzene rings is 2. The molecule has 7 heteroatoms. The topological polar surface area (TPSA) is 47.9 Å². The van der Waals surface area contributed by atoms with E-state index in [0.29, 0.717) is 37.4 Å². The number of para-hydroxylation sites is 1. The van der Waals surface area contributed by atoms with Crippen LogP contribution in [0, 0.1) is 11.6 Å². The second-order valence-electron chi connectivity index (χ2n) is 8.36. The van der Waals surface area contributed by atoms with E-state index in [2.05, 4.69) is 22.3 Å². The molecule has 2 aliphatic heterocycles. The molecule has 0 spiro atoms. The molecule has 4 rings (SSSR count). The lowest BCUT2D eigenvalue weighted by atomic mass is 9.98. The van der Waals surface area contributed by atoms with Crippen molar-refractivity contribution >= 4 is 17.6 Å². The zero-order valence-electron chi connectivity index (χ0n) is 18.5. The summed E-state index contributed by atoms with van der Waals surface area (Å²) in [6.07, 6.45) is 2.85. The summed E-state index contributed by atoms with van der Waals surface area (Å²) in [6.45, 7) is 5.49. The molecule has 0 aromatic heterocycles. The van der Waals surface area contributed by atoms with Crippen molar-refractivity contribution in [3.63, 3.8) is 0 Å². The van der Waals surface area contributed by atoms with E-state index in [1.54, 1.807) is 0 Å². The minimum absolute atomic E-state index is 0.257. The van der Waals surface area contributed by atoms with Gasteiger partial charge in [0.2, 0.25) is 5.91 Å². The van der Waals surface area contributed by atoms with Gasteiger partial charge in [0.25, 0.3) is 0 Å². The third kappa shape index (κ3) is 4.92. The summed E-state index contributed by atoms with van der Waals surface area (Å²) in [5.74, 6) is 0.466. The maximum Gasteiger partial charge on any atom is 0.222 e.